The van der Waals surface area contributed by atoms with Gasteiger partial charge in [0.1, 0.15) is 12.4 Å². The van der Waals surface area contributed by atoms with Gasteiger partial charge < -0.3 is 15.5 Å². The largest absolute Gasteiger partial charge is 0.435 e. The molecule has 0 aliphatic carbocycles. The summed E-state index contributed by atoms with van der Waals surface area (Å²) >= 11 is 0. The second-order valence-electron chi connectivity index (χ2n) is 8.81. The molecule has 2 aromatic rings. The summed E-state index contributed by atoms with van der Waals surface area (Å²) in [6.45, 7) is -1.14. The van der Waals surface area contributed by atoms with Crippen molar-refractivity contribution in [1.29, 1.82) is 0 Å². The number of alkyl halides is 10. The fourth-order valence-corrected chi connectivity index (χ4v) is 3.90. The molecule has 0 radical (unpaired) electrons. The van der Waals surface area contributed by atoms with Gasteiger partial charge in [0.05, 0.1) is 24.2 Å². The maximum Gasteiger partial charge on any atom is 0.435 e. The first-order valence-corrected chi connectivity index (χ1v) is 11.3. The third kappa shape index (κ3) is 6.87. The summed E-state index contributed by atoms with van der Waals surface area (Å²) in [5.41, 5.74) is -8.97. The van der Waals surface area contributed by atoms with E-state index in [9.17, 15) is 57.9 Å². The van der Waals surface area contributed by atoms with Crippen molar-refractivity contribution >= 4 is 17.5 Å². The van der Waals surface area contributed by atoms with Crippen LogP contribution in [0.25, 0.3) is 0 Å². The molecule has 2 N–H and O–H groups in total. The average Bonchev–Trinajstić information content (AvgIpc) is 3.32. The van der Waals surface area contributed by atoms with E-state index in [2.05, 4.69) is 15.3 Å². The van der Waals surface area contributed by atoms with Gasteiger partial charge in [-0.2, -0.15) is 26.3 Å². The normalized spacial score (nSPS) is 17.5. The Bertz CT molecular complexity index is 1360. The number of hydrogen-bond donors (Lipinski definition) is 2. The van der Waals surface area contributed by atoms with Gasteiger partial charge in [0, 0.05) is 16.7 Å². The van der Waals surface area contributed by atoms with Gasteiger partial charge in [-0.3, -0.25) is 9.59 Å². The first-order chi connectivity index (χ1) is 18.9. The molecule has 1 aliphatic heterocycles. The Balaban J connectivity index is 1.87. The molecule has 6 nitrogen and oxygen atoms in total. The minimum absolute atomic E-state index is 0.0576. The van der Waals surface area contributed by atoms with Crippen LogP contribution in [-0.4, -0.2) is 43.0 Å². The van der Waals surface area contributed by atoms with Gasteiger partial charge in [-0.1, -0.05) is 11.2 Å². The molecule has 1 aliphatic rings. The van der Waals surface area contributed by atoms with Crippen LogP contribution in [0.2, 0.25) is 0 Å². The van der Waals surface area contributed by atoms with E-state index in [-0.39, 0.29) is 28.8 Å². The molecule has 17 heteroatoms. The fourth-order valence-electron chi connectivity index (χ4n) is 3.90. The number of aryl methyl sites for hydroxylation is 1. The van der Waals surface area contributed by atoms with E-state index >= 15 is 0 Å². The van der Waals surface area contributed by atoms with E-state index in [4.69, 9.17) is 0 Å². The Morgan fingerprint density at radius 3 is 2.20 bits per heavy atom. The van der Waals surface area contributed by atoms with Crippen LogP contribution in [-0.2, 0) is 15.2 Å². The van der Waals surface area contributed by atoms with E-state index in [1.165, 1.54) is 12.2 Å². The van der Waals surface area contributed by atoms with Crippen molar-refractivity contribution in [3.63, 3.8) is 0 Å². The van der Waals surface area contributed by atoms with Crippen molar-refractivity contribution < 1.29 is 62.7 Å². The lowest BCUT2D eigenvalue weighted by Crippen LogP contribution is -2.43. The van der Waals surface area contributed by atoms with Crippen molar-refractivity contribution in [3.8, 4) is 0 Å². The molecular weight excluding hydrogens is 587 g/mol. The lowest BCUT2D eigenvalue weighted by atomic mass is 9.84. The standard InChI is InChI=1S/C24H18F11N3O3/c1-10-4-11(2-3-13(10)21(40)36-8-17(39)37-9-23(30,31)32)16-7-22(41-38-16,24(33,34)35)15-6-12(19(26)27)5-14(18(15)25)20(28)29/h2-6,19-20H,7-9H2,1H3,(H,36,40)(H,37,39)/t22-/m0/s1. The Morgan fingerprint density at radius 1 is 1.00 bits per heavy atom. The van der Waals surface area contributed by atoms with Crippen molar-refractivity contribution in [1.82, 2.24) is 10.6 Å². The monoisotopic (exact) mass is 605 g/mol. The molecule has 0 saturated heterocycles. The Morgan fingerprint density at radius 2 is 1.66 bits per heavy atom. The van der Waals surface area contributed by atoms with Gasteiger partial charge >= 0.3 is 12.4 Å². The van der Waals surface area contributed by atoms with Crippen molar-refractivity contribution in [2.45, 2.75) is 44.1 Å². The maximum absolute atomic E-state index is 14.9. The number of benzene rings is 2. The highest BCUT2D eigenvalue weighted by atomic mass is 19.4. The summed E-state index contributed by atoms with van der Waals surface area (Å²) in [5.74, 6) is -4.17. The van der Waals surface area contributed by atoms with E-state index in [0.29, 0.717) is 0 Å². The number of nitrogens with one attached hydrogen (secondary N) is 2. The highest BCUT2D eigenvalue weighted by molar-refractivity contribution is 6.04. The molecule has 1 atom stereocenters. The van der Waals surface area contributed by atoms with Gasteiger partial charge in [-0.25, -0.2) is 22.0 Å². The summed E-state index contributed by atoms with van der Waals surface area (Å²) < 4.78 is 147. The summed E-state index contributed by atoms with van der Waals surface area (Å²) in [4.78, 5) is 28.4. The van der Waals surface area contributed by atoms with E-state index in [1.54, 1.807) is 0 Å². The third-order valence-corrected chi connectivity index (χ3v) is 5.93. The predicted molar refractivity (Wildman–Crippen MR) is 119 cm³/mol. The molecule has 1 heterocycles. The number of nitrogens with zero attached hydrogens (tertiary/aromatic N) is 1. The van der Waals surface area contributed by atoms with Gasteiger partial charge in [0.15, 0.2) is 0 Å². The van der Waals surface area contributed by atoms with Gasteiger partial charge in [0.2, 0.25) is 5.91 Å². The predicted octanol–water partition coefficient (Wildman–Crippen LogP) is 6.00. The van der Waals surface area contributed by atoms with Crippen LogP contribution in [0.5, 0.6) is 0 Å². The first kappa shape index (κ1) is 31.6. The zero-order chi connectivity index (χ0) is 30.9. The van der Waals surface area contributed by atoms with E-state index in [0.717, 1.165) is 18.2 Å². The van der Waals surface area contributed by atoms with Crippen molar-refractivity contribution in [3.05, 3.63) is 69.5 Å². The second kappa shape index (κ2) is 11.5. The SMILES string of the molecule is Cc1cc(C2=NO[C@@](c3cc(C(F)F)cc(C(F)F)c3F)(C(F)(F)F)C2)ccc1C(=O)NCC(=O)NCC(F)(F)F. The minimum atomic E-state index is -5.53. The fraction of sp³-hybridized carbons (Fsp3) is 0.375. The molecule has 0 spiro atoms. The zero-order valence-corrected chi connectivity index (χ0v) is 20.5. The van der Waals surface area contributed by atoms with Crippen LogP contribution >= 0.6 is 0 Å². The number of oxime groups is 1. The molecular formula is C24H18F11N3O3. The van der Waals surface area contributed by atoms with Gasteiger partial charge in [-0.05, 0) is 42.3 Å². The number of carbonyl (C=O) groups excluding carboxylic acids is 2. The minimum Gasteiger partial charge on any atom is -0.374 e. The number of halogens is 11. The molecule has 3 rings (SSSR count). The Hall–Kier alpha value is -3.92. The lowest BCUT2D eigenvalue weighted by Gasteiger charge is -2.30. The highest BCUT2D eigenvalue weighted by Gasteiger charge is 2.64. The second-order valence-corrected chi connectivity index (χ2v) is 8.81. The molecule has 0 bridgehead atoms. The summed E-state index contributed by atoms with van der Waals surface area (Å²) in [6.07, 6.45) is -18.8. The maximum atomic E-state index is 14.9. The average molecular weight is 605 g/mol. The smallest absolute Gasteiger partial charge is 0.374 e. The van der Waals surface area contributed by atoms with Crippen LogP contribution in [0.15, 0.2) is 35.5 Å². The van der Waals surface area contributed by atoms with Crippen molar-refractivity contribution in [2.75, 3.05) is 13.1 Å². The quantitative estimate of drug-likeness (QED) is 0.363. The number of carbonyl (C=O) groups is 2. The molecule has 2 amide bonds. The molecule has 224 valence electrons. The first-order valence-electron chi connectivity index (χ1n) is 11.3. The summed E-state index contributed by atoms with van der Waals surface area (Å²) in [7, 11) is 0. The zero-order valence-electron chi connectivity index (χ0n) is 20.5. The molecule has 41 heavy (non-hydrogen) atoms. The van der Waals surface area contributed by atoms with Crippen LogP contribution in [0.3, 0.4) is 0 Å². The summed E-state index contributed by atoms with van der Waals surface area (Å²) in [5, 5.41) is 6.92. The van der Waals surface area contributed by atoms with E-state index in [1.807, 2.05) is 0 Å². The highest BCUT2D eigenvalue weighted by Crippen LogP contribution is 2.51. The Kier molecular flexibility index (Phi) is 8.88. The van der Waals surface area contributed by atoms with Gasteiger partial charge in [-0.15, -0.1) is 0 Å². The number of amides is 2. The van der Waals surface area contributed by atoms with E-state index < -0.39 is 90.3 Å². The topological polar surface area (TPSA) is 79.8 Å². The third-order valence-electron chi connectivity index (χ3n) is 5.93. The van der Waals surface area contributed by atoms with Crippen LogP contribution < -0.4 is 10.6 Å². The molecule has 2 aromatic carbocycles. The van der Waals surface area contributed by atoms with Crippen LogP contribution in [0.4, 0.5) is 48.3 Å². The van der Waals surface area contributed by atoms with Crippen LogP contribution in [0, 0.1) is 12.7 Å². The lowest BCUT2D eigenvalue weighted by molar-refractivity contribution is -0.276. The Labute approximate surface area is 223 Å². The number of rotatable bonds is 8. The number of hydrogen-bond acceptors (Lipinski definition) is 4. The summed E-state index contributed by atoms with van der Waals surface area (Å²) in [6, 6.07) is 3.45. The molecule has 0 aromatic heterocycles. The van der Waals surface area contributed by atoms with Gasteiger partial charge in [0.25, 0.3) is 24.4 Å². The molecule has 0 unspecified atom stereocenters. The molecule has 0 fully saturated rings. The van der Waals surface area contributed by atoms with Crippen LogP contribution in [0.1, 0.15) is 57.4 Å². The van der Waals surface area contributed by atoms with Crippen molar-refractivity contribution in [2.24, 2.45) is 5.16 Å². The molecule has 0 saturated carbocycles.